The first kappa shape index (κ1) is 13.1. The van der Waals surface area contributed by atoms with E-state index in [9.17, 15) is 0 Å². The van der Waals surface area contributed by atoms with Gasteiger partial charge in [0.1, 0.15) is 0 Å². The summed E-state index contributed by atoms with van der Waals surface area (Å²) in [5, 5.41) is 3.10. The van der Waals surface area contributed by atoms with Gasteiger partial charge >= 0.3 is 0 Å². The van der Waals surface area contributed by atoms with Crippen LogP contribution in [0.5, 0.6) is 5.88 Å². The Morgan fingerprint density at radius 2 is 2.28 bits per heavy atom. The fourth-order valence-electron chi connectivity index (χ4n) is 1.42. The molecule has 94 valence electrons. The first-order chi connectivity index (χ1) is 8.72. The van der Waals surface area contributed by atoms with Crippen LogP contribution in [-0.4, -0.2) is 17.1 Å². The maximum Gasteiger partial charge on any atom is 0.232 e. The number of aromatic nitrogens is 2. The van der Waals surface area contributed by atoms with Crippen molar-refractivity contribution < 1.29 is 4.74 Å². The molecule has 6 heteroatoms. The Kier molecular flexibility index (Phi) is 4.38. The van der Waals surface area contributed by atoms with Crippen LogP contribution < -0.4 is 10.1 Å². The molecule has 0 aliphatic carbocycles. The average molecular weight is 329 g/mol. The van der Waals surface area contributed by atoms with Gasteiger partial charge in [0.25, 0.3) is 0 Å². The van der Waals surface area contributed by atoms with Gasteiger partial charge in [0.2, 0.25) is 11.8 Å². The van der Waals surface area contributed by atoms with Gasteiger partial charge in [-0.2, -0.15) is 4.98 Å². The molecule has 1 aromatic heterocycles. The van der Waals surface area contributed by atoms with Gasteiger partial charge in [-0.25, -0.2) is 4.98 Å². The van der Waals surface area contributed by atoms with Crippen molar-refractivity contribution in [3.63, 3.8) is 0 Å². The maximum atomic E-state index is 5.79. The average Bonchev–Trinajstić information content (AvgIpc) is 2.41. The fourth-order valence-corrected chi connectivity index (χ4v) is 1.94. The molecule has 0 spiro atoms. The predicted molar refractivity (Wildman–Crippen MR) is 75.6 cm³/mol. The molecule has 0 unspecified atom stereocenters. The normalized spacial score (nSPS) is 10.2. The highest BCUT2D eigenvalue weighted by Gasteiger charge is 2.05. The molecule has 0 radical (unpaired) electrons. The van der Waals surface area contributed by atoms with E-state index in [1.54, 1.807) is 13.3 Å². The van der Waals surface area contributed by atoms with E-state index in [0.29, 0.717) is 22.2 Å². The molecule has 1 N–H and O–H groups in total. The summed E-state index contributed by atoms with van der Waals surface area (Å²) in [6.07, 6.45) is 1.64. The number of benzene rings is 1. The molecule has 0 bridgehead atoms. The molecule has 0 saturated carbocycles. The van der Waals surface area contributed by atoms with Crippen molar-refractivity contribution in [2.45, 2.75) is 5.88 Å². The number of hydrogen-bond acceptors (Lipinski definition) is 4. The number of nitrogens with zero attached hydrogens (tertiary/aromatic N) is 2. The lowest BCUT2D eigenvalue weighted by atomic mass is 10.2. The SMILES string of the molecule is COc1nc(Nc2cccc(CCl)c2)ncc1Br. The largest absolute Gasteiger partial charge is 0.480 e. The first-order valence-electron chi connectivity index (χ1n) is 5.21. The molecule has 2 rings (SSSR count). The van der Waals surface area contributed by atoms with Crippen LogP contribution in [0.15, 0.2) is 34.9 Å². The summed E-state index contributed by atoms with van der Waals surface area (Å²) in [5.74, 6) is 1.43. The van der Waals surface area contributed by atoms with Crippen molar-refractivity contribution in [1.82, 2.24) is 9.97 Å². The minimum absolute atomic E-state index is 0.472. The Morgan fingerprint density at radius 1 is 1.44 bits per heavy atom. The highest BCUT2D eigenvalue weighted by atomic mass is 79.9. The van der Waals surface area contributed by atoms with Crippen molar-refractivity contribution in [1.29, 1.82) is 0 Å². The highest BCUT2D eigenvalue weighted by molar-refractivity contribution is 9.10. The second-order valence-corrected chi connectivity index (χ2v) is 4.63. The molecule has 0 aliphatic rings. The third-order valence-corrected chi connectivity index (χ3v) is 3.10. The molecule has 0 saturated heterocycles. The monoisotopic (exact) mass is 327 g/mol. The number of anilines is 2. The molecule has 0 fully saturated rings. The van der Waals surface area contributed by atoms with Crippen LogP contribution in [0.3, 0.4) is 0 Å². The van der Waals surface area contributed by atoms with Crippen LogP contribution >= 0.6 is 27.5 Å². The van der Waals surface area contributed by atoms with E-state index in [1.165, 1.54) is 0 Å². The number of nitrogens with one attached hydrogen (secondary N) is 1. The summed E-state index contributed by atoms with van der Waals surface area (Å²) in [5.41, 5.74) is 1.92. The van der Waals surface area contributed by atoms with Crippen molar-refractivity contribution in [2.24, 2.45) is 0 Å². The fraction of sp³-hybridized carbons (Fsp3) is 0.167. The Balaban J connectivity index is 2.22. The van der Waals surface area contributed by atoms with Crippen LogP contribution in [0, 0.1) is 0 Å². The van der Waals surface area contributed by atoms with Crippen molar-refractivity contribution in [3.05, 3.63) is 40.5 Å². The molecule has 0 amide bonds. The zero-order chi connectivity index (χ0) is 13.0. The van der Waals surface area contributed by atoms with Gasteiger partial charge in [0, 0.05) is 11.6 Å². The Hall–Kier alpha value is -1.33. The Bertz CT molecular complexity index is 551. The van der Waals surface area contributed by atoms with Crippen molar-refractivity contribution in [3.8, 4) is 5.88 Å². The van der Waals surface area contributed by atoms with E-state index in [4.69, 9.17) is 16.3 Å². The number of alkyl halides is 1. The molecule has 0 atom stereocenters. The van der Waals surface area contributed by atoms with Crippen LogP contribution in [0.4, 0.5) is 11.6 Å². The lowest BCUT2D eigenvalue weighted by Crippen LogP contribution is -1.99. The Labute approximate surface area is 118 Å². The van der Waals surface area contributed by atoms with E-state index in [0.717, 1.165) is 11.3 Å². The Morgan fingerprint density at radius 3 is 3.00 bits per heavy atom. The number of halogens is 2. The second kappa shape index (κ2) is 6.02. The van der Waals surface area contributed by atoms with Gasteiger partial charge in [-0.3, -0.25) is 0 Å². The summed E-state index contributed by atoms with van der Waals surface area (Å²) in [6, 6.07) is 7.76. The molecule has 0 aliphatic heterocycles. The van der Waals surface area contributed by atoms with Crippen molar-refractivity contribution in [2.75, 3.05) is 12.4 Å². The number of hydrogen-bond donors (Lipinski definition) is 1. The predicted octanol–water partition coefficient (Wildman–Crippen LogP) is 3.73. The minimum atomic E-state index is 0.472. The summed E-state index contributed by atoms with van der Waals surface area (Å²) in [7, 11) is 1.56. The van der Waals surface area contributed by atoms with E-state index in [2.05, 4.69) is 31.2 Å². The third kappa shape index (κ3) is 3.11. The van der Waals surface area contributed by atoms with Gasteiger partial charge in [0.15, 0.2) is 0 Å². The third-order valence-electron chi connectivity index (χ3n) is 2.24. The van der Waals surface area contributed by atoms with E-state index in [1.807, 2.05) is 24.3 Å². The standard InChI is InChI=1S/C12H11BrClN3O/c1-18-11-10(13)7-15-12(17-11)16-9-4-2-3-8(5-9)6-14/h2-5,7H,6H2,1H3,(H,15,16,17). The van der Waals surface area contributed by atoms with Gasteiger partial charge in [-0.1, -0.05) is 12.1 Å². The molecular formula is C12H11BrClN3O. The highest BCUT2D eigenvalue weighted by Crippen LogP contribution is 2.23. The van der Waals surface area contributed by atoms with Gasteiger partial charge in [-0.05, 0) is 33.6 Å². The lowest BCUT2D eigenvalue weighted by Gasteiger charge is -2.08. The van der Waals surface area contributed by atoms with Crippen LogP contribution in [0.1, 0.15) is 5.56 Å². The minimum Gasteiger partial charge on any atom is -0.480 e. The van der Waals surface area contributed by atoms with Gasteiger partial charge in [-0.15, -0.1) is 11.6 Å². The molecule has 1 heterocycles. The van der Waals surface area contributed by atoms with Crippen LogP contribution in [0.25, 0.3) is 0 Å². The number of methoxy groups -OCH3 is 1. The van der Waals surface area contributed by atoms with E-state index in [-0.39, 0.29) is 0 Å². The number of rotatable bonds is 4. The molecule has 18 heavy (non-hydrogen) atoms. The van der Waals surface area contributed by atoms with E-state index >= 15 is 0 Å². The van der Waals surface area contributed by atoms with Crippen LogP contribution in [0.2, 0.25) is 0 Å². The van der Waals surface area contributed by atoms with Gasteiger partial charge < -0.3 is 10.1 Å². The summed E-state index contributed by atoms with van der Waals surface area (Å²) < 4.78 is 5.82. The molecular weight excluding hydrogens is 318 g/mol. The zero-order valence-electron chi connectivity index (χ0n) is 9.65. The molecule has 4 nitrogen and oxygen atoms in total. The maximum absolute atomic E-state index is 5.79. The lowest BCUT2D eigenvalue weighted by molar-refractivity contribution is 0.394. The summed E-state index contributed by atoms with van der Waals surface area (Å²) in [6.45, 7) is 0. The zero-order valence-corrected chi connectivity index (χ0v) is 12.0. The topological polar surface area (TPSA) is 47.0 Å². The molecule has 2 aromatic rings. The van der Waals surface area contributed by atoms with Crippen molar-refractivity contribution >= 4 is 39.2 Å². The first-order valence-corrected chi connectivity index (χ1v) is 6.54. The van der Waals surface area contributed by atoms with Crippen LogP contribution in [-0.2, 0) is 5.88 Å². The van der Waals surface area contributed by atoms with E-state index < -0.39 is 0 Å². The summed E-state index contributed by atoms with van der Waals surface area (Å²) in [4.78, 5) is 8.37. The smallest absolute Gasteiger partial charge is 0.232 e. The number of ether oxygens (including phenoxy) is 1. The second-order valence-electron chi connectivity index (χ2n) is 3.51. The van der Waals surface area contributed by atoms with Gasteiger partial charge in [0.05, 0.1) is 17.8 Å². The summed E-state index contributed by atoms with van der Waals surface area (Å²) >= 11 is 9.09. The quantitative estimate of drug-likeness (QED) is 0.869. The molecule has 1 aromatic carbocycles.